The van der Waals surface area contributed by atoms with E-state index in [0.717, 1.165) is 32.2 Å². The highest BCUT2D eigenvalue weighted by Gasteiger charge is 2.38. The molecular formula is C21H29NO2. The van der Waals surface area contributed by atoms with Crippen LogP contribution in [-0.4, -0.2) is 19.1 Å². The highest BCUT2D eigenvalue weighted by molar-refractivity contribution is 5.86. The summed E-state index contributed by atoms with van der Waals surface area (Å²) in [4.78, 5) is 13.6. The summed E-state index contributed by atoms with van der Waals surface area (Å²) in [6.45, 7) is 15.5. The Kier molecular flexibility index (Phi) is 5.87. The molecule has 0 aliphatic carbocycles. The predicted octanol–water partition coefficient (Wildman–Crippen LogP) is 4.98. The minimum atomic E-state index is -0.290. The molecule has 0 fully saturated rings. The minimum absolute atomic E-state index is 0.00728. The van der Waals surface area contributed by atoms with E-state index in [4.69, 9.17) is 4.74 Å². The molecule has 1 aliphatic heterocycles. The van der Waals surface area contributed by atoms with E-state index in [1.807, 2.05) is 0 Å². The van der Waals surface area contributed by atoms with Gasteiger partial charge in [0.1, 0.15) is 0 Å². The van der Waals surface area contributed by atoms with Gasteiger partial charge in [0.25, 0.3) is 0 Å². The highest BCUT2D eigenvalue weighted by atomic mass is 16.5. The van der Waals surface area contributed by atoms with Gasteiger partial charge in [0.05, 0.1) is 6.61 Å². The zero-order chi connectivity index (χ0) is 17.7. The fourth-order valence-electron chi connectivity index (χ4n) is 3.14. The second-order valence-electron chi connectivity index (χ2n) is 7.07. The van der Waals surface area contributed by atoms with Crippen LogP contribution >= 0.6 is 0 Å². The Morgan fingerprint density at radius 2 is 1.83 bits per heavy atom. The minimum Gasteiger partial charge on any atom is -0.462 e. The molecule has 0 aromatic heterocycles. The lowest BCUT2D eigenvalue weighted by Crippen LogP contribution is -2.26. The number of anilines is 1. The van der Waals surface area contributed by atoms with E-state index in [-0.39, 0.29) is 11.4 Å². The van der Waals surface area contributed by atoms with Gasteiger partial charge in [-0.05, 0) is 37.8 Å². The molecule has 130 valence electrons. The first-order valence-electron chi connectivity index (χ1n) is 8.74. The van der Waals surface area contributed by atoms with Gasteiger partial charge in [-0.1, -0.05) is 51.6 Å². The van der Waals surface area contributed by atoms with Gasteiger partial charge >= 0.3 is 5.97 Å². The summed E-state index contributed by atoms with van der Waals surface area (Å²) in [5, 5.41) is 0. The van der Waals surface area contributed by atoms with Gasteiger partial charge < -0.3 is 9.64 Å². The molecule has 0 bridgehead atoms. The number of fused-ring (bicyclic) bond motifs is 1. The third-order valence-electron chi connectivity index (χ3n) is 4.77. The first-order chi connectivity index (χ1) is 11.4. The molecule has 1 aliphatic rings. The second kappa shape index (κ2) is 7.69. The molecule has 1 aromatic rings. The van der Waals surface area contributed by atoms with Crippen molar-refractivity contribution in [3.8, 4) is 0 Å². The number of carbonyl (C=O) groups is 1. The third kappa shape index (κ3) is 3.89. The van der Waals surface area contributed by atoms with Crippen LogP contribution < -0.4 is 4.90 Å². The number of rotatable bonds is 8. The number of para-hydroxylation sites is 1. The normalized spacial score (nSPS) is 15.3. The molecule has 24 heavy (non-hydrogen) atoms. The van der Waals surface area contributed by atoms with Crippen molar-refractivity contribution in [2.45, 2.75) is 51.9 Å². The molecule has 3 nitrogen and oxygen atoms in total. The summed E-state index contributed by atoms with van der Waals surface area (Å²) in [7, 11) is 0. The van der Waals surface area contributed by atoms with Crippen molar-refractivity contribution in [1.29, 1.82) is 0 Å². The maximum absolute atomic E-state index is 11.3. The van der Waals surface area contributed by atoms with Crippen molar-refractivity contribution in [1.82, 2.24) is 0 Å². The summed E-state index contributed by atoms with van der Waals surface area (Å²) >= 11 is 0. The Bertz CT molecular complexity index is 630. The summed E-state index contributed by atoms with van der Waals surface area (Å²) in [6, 6.07) is 8.59. The lowest BCUT2D eigenvalue weighted by molar-refractivity contribution is -0.139. The van der Waals surface area contributed by atoms with E-state index < -0.39 is 0 Å². The summed E-state index contributed by atoms with van der Waals surface area (Å²) < 4.78 is 5.11. The Balaban J connectivity index is 1.75. The zero-order valence-corrected chi connectivity index (χ0v) is 15.2. The average Bonchev–Trinajstić information content (AvgIpc) is 2.74. The maximum atomic E-state index is 11.3. The number of ether oxygens (including phenoxy) is 1. The van der Waals surface area contributed by atoms with Gasteiger partial charge in [0, 0.05) is 28.9 Å². The smallest absolute Gasteiger partial charge is 0.333 e. The highest BCUT2D eigenvalue weighted by Crippen LogP contribution is 2.46. The molecule has 0 saturated heterocycles. The average molecular weight is 327 g/mol. The monoisotopic (exact) mass is 327 g/mol. The van der Waals surface area contributed by atoms with E-state index in [1.165, 1.54) is 16.9 Å². The van der Waals surface area contributed by atoms with Crippen LogP contribution in [-0.2, 0) is 14.9 Å². The van der Waals surface area contributed by atoms with Crippen LogP contribution in [0.25, 0.3) is 0 Å². The summed E-state index contributed by atoms with van der Waals surface area (Å²) in [5.41, 5.74) is 4.31. The first-order valence-corrected chi connectivity index (χ1v) is 8.74. The van der Waals surface area contributed by atoms with Crippen molar-refractivity contribution in [2.24, 2.45) is 0 Å². The van der Waals surface area contributed by atoms with E-state index in [9.17, 15) is 4.79 Å². The Morgan fingerprint density at radius 3 is 2.54 bits per heavy atom. The summed E-state index contributed by atoms with van der Waals surface area (Å²) in [5.74, 6) is -0.290. The fraction of sp³-hybridized carbons (Fsp3) is 0.476. The molecule has 0 amide bonds. The third-order valence-corrected chi connectivity index (χ3v) is 4.77. The number of allylic oxidation sites excluding steroid dienone is 1. The lowest BCUT2D eigenvalue weighted by atomic mass is 9.84. The van der Waals surface area contributed by atoms with Crippen molar-refractivity contribution in [2.75, 3.05) is 18.1 Å². The van der Waals surface area contributed by atoms with Crippen molar-refractivity contribution in [3.63, 3.8) is 0 Å². The molecule has 0 spiro atoms. The quantitative estimate of drug-likeness (QED) is 0.383. The topological polar surface area (TPSA) is 29.5 Å². The number of unbranched alkanes of at least 4 members (excludes halogenated alkanes) is 3. The van der Waals surface area contributed by atoms with Crippen LogP contribution in [0.2, 0.25) is 0 Å². The van der Waals surface area contributed by atoms with E-state index in [2.05, 4.69) is 56.2 Å². The van der Waals surface area contributed by atoms with Crippen LogP contribution in [0.1, 0.15) is 52.0 Å². The molecule has 1 aromatic carbocycles. The molecule has 0 radical (unpaired) electrons. The van der Waals surface area contributed by atoms with Gasteiger partial charge in [-0.3, -0.25) is 0 Å². The van der Waals surface area contributed by atoms with Gasteiger partial charge in [-0.25, -0.2) is 4.79 Å². The van der Waals surface area contributed by atoms with Crippen LogP contribution in [0.4, 0.5) is 5.69 Å². The number of hydrogen-bond donors (Lipinski definition) is 0. The maximum Gasteiger partial charge on any atom is 0.333 e. The Morgan fingerprint density at radius 1 is 1.17 bits per heavy atom. The van der Waals surface area contributed by atoms with E-state index in [1.54, 1.807) is 6.92 Å². The zero-order valence-electron chi connectivity index (χ0n) is 15.2. The molecule has 0 saturated carbocycles. The van der Waals surface area contributed by atoms with Gasteiger partial charge in [0.2, 0.25) is 0 Å². The van der Waals surface area contributed by atoms with Gasteiger partial charge in [-0.15, -0.1) is 0 Å². The number of carbonyl (C=O) groups excluding carboxylic acids is 1. The SMILES string of the molecule is C=C(C)C(=O)OCCCCCCN1C(=C)C(C)(C)c2ccccc21. The number of esters is 1. The van der Waals surface area contributed by atoms with Crippen LogP contribution in [0, 0.1) is 0 Å². The molecular weight excluding hydrogens is 298 g/mol. The van der Waals surface area contributed by atoms with Crippen LogP contribution in [0.3, 0.4) is 0 Å². The van der Waals surface area contributed by atoms with E-state index >= 15 is 0 Å². The fourth-order valence-corrected chi connectivity index (χ4v) is 3.14. The lowest BCUT2D eigenvalue weighted by Gasteiger charge is -2.25. The summed E-state index contributed by atoms with van der Waals surface area (Å²) in [6.07, 6.45) is 4.20. The Labute approximate surface area is 146 Å². The molecule has 0 atom stereocenters. The second-order valence-corrected chi connectivity index (χ2v) is 7.07. The predicted molar refractivity (Wildman–Crippen MR) is 100 cm³/mol. The first kappa shape index (κ1) is 18.3. The van der Waals surface area contributed by atoms with Crippen LogP contribution in [0.15, 0.2) is 48.7 Å². The molecule has 3 heteroatoms. The van der Waals surface area contributed by atoms with Crippen molar-refractivity contribution < 1.29 is 9.53 Å². The standard InChI is InChI=1S/C21H29NO2/c1-16(2)20(23)24-15-11-7-6-10-14-22-17(3)21(4,5)18-12-8-9-13-19(18)22/h8-9,12-13H,1,3,6-7,10-11,14-15H2,2,4-5H3. The van der Waals surface area contributed by atoms with Gasteiger partial charge in [-0.2, -0.15) is 0 Å². The molecule has 1 heterocycles. The number of hydrogen-bond acceptors (Lipinski definition) is 3. The Hall–Kier alpha value is -2.03. The number of benzene rings is 1. The number of nitrogens with zero attached hydrogens (tertiary/aromatic N) is 1. The van der Waals surface area contributed by atoms with Crippen molar-refractivity contribution >= 4 is 11.7 Å². The van der Waals surface area contributed by atoms with Gasteiger partial charge in [0.15, 0.2) is 0 Å². The van der Waals surface area contributed by atoms with E-state index in [0.29, 0.717) is 12.2 Å². The molecule has 0 unspecified atom stereocenters. The largest absolute Gasteiger partial charge is 0.462 e. The molecule has 0 N–H and O–H groups in total. The van der Waals surface area contributed by atoms with Crippen molar-refractivity contribution in [3.05, 3.63) is 54.3 Å². The molecule has 2 rings (SSSR count). The van der Waals surface area contributed by atoms with Crippen LogP contribution in [0.5, 0.6) is 0 Å².